The van der Waals surface area contributed by atoms with Gasteiger partial charge in [-0.1, -0.05) is 157 Å². The molecule has 0 spiro atoms. The monoisotopic (exact) mass is 1060 g/mol. The number of aromatic hydroxyl groups is 2. The van der Waals surface area contributed by atoms with Gasteiger partial charge in [0.15, 0.2) is 34.9 Å². The summed E-state index contributed by atoms with van der Waals surface area (Å²) in [4.78, 5) is 41.2. The van der Waals surface area contributed by atoms with Gasteiger partial charge in [-0.3, -0.25) is 0 Å². The second kappa shape index (κ2) is 23.7. The lowest BCUT2D eigenvalue weighted by Gasteiger charge is -2.26. The van der Waals surface area contributed by atoms with Crippen molar-refractivity contribution in [1.29, 1.82) is 0 Å². The van der Waals surface area contributed by atoms with Crippen molar-refractivity contribution in [1.82, 2.24) is 29.9 Å². The molecule has 10 rings (SSSR count). The molecule has 0 amide bonds. The number of carbonyl (C=O) groups is 1. The zero-order valence-electron chi connectivity index (χ0n) is 45.2. The van der Waals surface area contributed by atoms with Crippen molar-refractivity contribution in [2.75, 3.05) is 26.4 Å². The van der Waals surface area contributed by atoms with E-state index in [0.29, 0.717) is 69.1 Å². The maximum absolute atomic E-state index is 12.7. The first kappa shape index (κ1) is 53.4. The maximum atomic E-state index is 12.7. The molecule has 0 fully saturated rings. The third kappa shape index (κ3) is 12.9. The molecule has 0 saturated carbocycles. The number of carbonyl (C=O) groups excluding carboxylic acids is 1. The van der Waals surface area contributed by atoms with Gasteiger partial charge in [0.05, 0.1) is 11.1 Å². The third-order valence-electron chi connectivity index (χ3n) is 13.5. The second-order valence-electron chi connectivity index (χ2n) is 19.9. The summed E-state index contributed by atoms with van der Waals surface area (Å²) in [6, 6.07) is 56.8. The van der Waals surface area contributed by atoms with Crippen LogP contribution in [0.5, 0.6) is 34.5 Å². The first-order valence-corrected chi connectivity index (χ1v) is 26.1. The van der Waals surface area contributed by atoms with Gasteiger partial charge in [-0.2, -0.15) is 0 Å². The quantitative estimate of drug-likeness (QED) is 0.0470. The minimum absolute atomic E-state index is 0.0115. The molecular formula is C66H58N6O8. The summed E-state index contributed by atoms with van der Waals surface area (Å²) in [5.41, 5.74) is 10.3. The fourth-order valence-corrected chi connectivity index (χ4v) is 8.70. The molecule has 2 heterocycles. The number of aromatic nitrogens is 6. The number of nitrogens with zero attached hydrogens (tertiary/aromatic N) is 6. The van der Waals surface area contributed by atoms with Gasteiger partial charge in [-0.15, -0.1) is 0 Å². The van der Waals surface area contributed by atoms with Crippen LogP contribution in [0.1, 0.15) is 47.2 Å². The fourth-order valence-electron chi connectivity index (χ4n) is 8.70. The van der Waals surface area contributed by atoms with E-state index in [1.165, 1.54) is 6.07 Å². The van der Waals surface area contributed by atoms with Crippen LogP contribution in [0.3, 0.4) is 0 Å². The molecule has 0 bridgehead atoms. The first-order chi connectivity index (χ1) is 38.7. The lowest BCUT2D eigenvalue weighted by molar-refractivity contribution is 0.0847. The second-order valence-corrected chi connectivity index (χ2v) is 19.9. The van der Waals surface area contributed by atoms with E-state index in [1.54, 1.807) is 42.5 Å². The lowest BCUT2D eigenvalue weighted by atomic mass is 9.78. The van der Waals surface area contributed by atoms with Gasteiger partial charge >= 0.3 is 6.16 Å². The Labute approximate surface area is 464 Å². The number of phenols is 2. The van der Waals surface area contributed by atoms with Gasteiger partial charge in [0, 0.05) is 39.8 Å². The topological polar surface area (TPSA) is 181 Å². The molecule has 0 aliphatic carbocycles. The van der Waals surface area contributed by atoms with Crippen LogP contribution in [0.25, 0.3) is 68.3 Å². The van der Waals surface area contributed by atoms with Gasteiger partial charge in [0.1, 0.15) is 60.9 Å². The predicted octanol–water partition coefficient (Wildman–Crippen LogP) is 14.1. The van der Waals surface area contributed by atoms with Crippen molar-refractivity contribution in [2.45, 2.75) is 47.0 Å². The van der Waals surface area contributed by atoms with E-state index < -0.39 is 11.6 Å². The van der Waals surface area contributed by atoms with Crippen molar-refractivity contribution in [3.63, 3.8) is 0 Å². The Morgan fingerprint density at radius 1 is 0.375 bits per heavy atom. The standard InChI is InChI=1S/C66H58N6O8/c1-41-7-15-45(16-8-41)59-67-60(46-17-9-42(2)10-18-46)70-63(69-59)55-33-31-53(39-57(55)73)77-36-35-76-51-27-23-49(24-28-51)66(5,6)50-25-29-52(30-26-50)80-65(75)79-38-37-78-54-32-34-56(58(74)40-54)64-71-61(47-19-11-43(3)12-20-47)68-62(72-64)48-21-13-44(4)14-22-48/h7-34,39-40,73-74H,35-38H2,1-6H3. The molecule has 8 aromatic carbocycles. The maximum Gasteiger partial charge on any atom is 0.513 e. The van der Waals surface area contributed by atoms with Crippen LogP contribution in [0.4, 0.5) is 4.79 Å². The molecule has 80 heavy (non-hydrogen) atoms. The smallest absolute Gasteiger partial charge is 0.507 e. The van der Waals surface area contributed by atoms with E-state index in [4.69, 9.17) is 53.6 Å². The first-order valence-electron chi connectivity index (χ1n) is 26.1. The number of hydrogen-bond donors (Lipinski definition) is 2. The molecule has 0 aliphatic heterocycles. The zero-order chi connectivity index (χ0) is 55.8. The highest BCUT2D eigenvalue weighted by atomic mass is 16.7. The Hall–Kier alpha value is -9.95. The number of rotatable bonds is 18. The number of benzene rings is 8. The molecule has 0 saturated heterocycles. The summed E-state index contributed by atoms with van der Waals surface area (Å²) in [6.07, 6.45) is -0.878. The van der Waals surface area contributed by atoms with Crippen molar-refractivity contribution < 1.29 is 38.7 Å². The Kier molecular flexibility index (Phi) is 15.9. The average Bonchev–Trinajstić information content (AvgIpc) is 3.48. The van der Waals surface area contributed by atoms with E-state index in [-0.39, 0.29) is 37.9 Å². The van der Waals surface area contributed by atoms with Crippen LogP contribution < -0.4 is 18.9 Å². The highest BCUT2D eigenvalue weighted by Crippen LogP contribution is 2.37. The zero-order valence-corrected chi connectivity index (χ0v) is 45.2. The van der Waals surface area contributed by atoms with E-state index >= 15 is 0 Å². The van der Waals surface area contributed by atoms with Crippen LogP contribution >= 0.6 is 0 Å². The summed E-state index contributed by atoms with van der Waals surface area (Å²) in [6.45, 7) is 12.7. The van der Waals surface area contributed by atoms with Gasteiger partial charge in [-0.25, -0.2) is 34.7 Å². The summed E-state index contributed by atoms with van der Waals surface area (Å²) in [5.74, 6) is 4.34. The van der Waals surface area contributed by atoms with Crippen molar-refractivity contribution >= 4 is 6.16 Å². The Balaban J connectivity index is 0.685. The summed E-state index contributed by atoms with van der Waals surface area (Å²) in [5, 5.41) is 22.4. The molecule has 14 nitrogen and oxygen atoms in total. The summed E-state index contributed by atoms with van der Waals surface area (Å²) in [7, 11) is 0. The fraction of sp³-hybridized carbons (Fsp3) is 0.167. The highest BCUT2D eigenvalue weighted by molar-refractivity contribution is 5.72. The summed E-state index contributed by atoms with van der Waals surface area (Å²) >= 11 is 0. The Bertz CT molecular complexity index is 3650. The molecule has 0 aliphatic rings. The molecular weight excluding hydrogens is 1000 g/mol. The minimum atomic E-state index is -0.878. The minimum Gasteiger partial charge on any atom is -0.507 e. The Morgan fingerprint density at radius 2 is 0.675 bits per heavy atom. The normalized spacial score (nSPS) is 11.2. The van der Waals surface area contributed by atoms with Crippen molar-refractivity contribution in [3.8, 4) is 103 Å². The average molecular weight is 1060 g/mol. The van der Waals surface area contributed by atoms with Crippen LogP contribution in [-0.2, 0) is 10.2 Å². The molecule has 400 valence electrons. The van der Waals surface area contributed by atoms with E-state index in [2.05, 4.69) is 13.8 Å². The molecule has 0 atom stereocenters. The number of aryl methyl sites for hydroxylation is 4. The summed E-state index contributed by atoms with van der Waals surface area (Å²) < 4.78 is 28.6. The molecule has 0 radical (unpaired) electrons. The van der Waals surface area contributed by atoms with Crippen LogP contribution in [0.15, 0.2) is 182 Å². The van der Waals surface area contributed by atoms with Crippen molar-refractivity contribution in [3.05, 3.63) is 215 Å². The van der Waals surface area contributed by atoms with Crippen LogP contribution in [-0.4, -0.2) is 72.7 Å². The molecule has 2 aromatic heterocycles. The van der Waals surface area contributed by atoms with E-state index in [9.17, 15) is 15.0 Å². The molecule has 2 N–H and O–H groups in total. The van der Waals surface area contributed by atoms with Crippen LogP contribution in [0.2, 0.25) is 0 Å². The van der Waals surface area contributed by atoms with E-state index in [0.717, 1.165) is 55.6 Å². The number of hydrogen-bond acceptors (Lipinski definition) is 14. The molecule has 0 unspecified atom stereocenters. The van der Waals surface area contributed by atoms with Crippen LogP contribution in [0, 0.1) is 27.7 Å². The highest BCUT2D eigenvalue weighted by Gasteiger charge is 2.24. The lowest BCUT2D eigenvalue weighted by Crippen LogP contribution is -2.19. The Morgan fingerprint density at radius 3 is 1.02 bits per heavy atom. The molecule has 14 heteroatoms. The third-order valence-corrected chi connectivity index (χ3v) is 13.5. The van der Waals surface area contributed by atoms with E-state index in [1.807, 2.05) is 161 Å². The van der Waals surface area contributed by atoms with Gasteiger partial charge < -0.3 is 33.9 Å². The van der Waals surface area contributed by atoms with Crippen molar-refractivity contribution in [2.24, 2.45) is 0 Å². The largest absolute Gasteiger partial charge is 0.513 e. The van der Waals surface area contributed by atoms with Gasteiger partial charge in [-0.05, 0) is 87.4 Å². The predicted molar refractivity (Wildman–Crippen MR) is 308 cm³/mol. The van der Waals surface area contributed by atoms with Gasteiger partial charge in [0.25, 0.3) is 0 Å². The SMILES string of the molecule is Cc1ccc(-c2nc(-c3ccc(C)cc3)nc(-c3ccc(OCCOC(=O)Oc4ccc(C(C)(C)c5ccc(OCCOc6ccc(-c7nc(-c8ccc(C)cc8)nc(-c8ccc(C)cc8)n7)c(O)c6)cc5)cc4)cc3O)n2)cc1. The van der Waals surface area contributed by atoms with Gasteiger partial charge in [0.2, 0.25) is 0 Å². The molecule has 10 aromatic rings. The number of ether oxygens (including phenoxy) is 5. The number of phenolic OH excluding ortho intramolecular Hbond substituents is 2.